The molecule has 1 saturated carbocycles. The fourth-order valence-corrected chi connectivity index (χ4v) is 4.09. The fraction of sp³-hybridized carbons (Fsp3) is 0.467. The Hall–Kier alpha value is -1.42. The van der Waals surface area contributed by atoms with Gasteiger partial charge in [0, 0.05) is 6.42 Å². The summed E-state index contributed by atoms with van der Waals surface area (Å²) in [6.07, 6.45) is 5.38. The highest BCUT2D eigenvalue weighted by Gasteiger charge is 2.40. The molecule has 19 heavy (non-hydrogen) atoms. The van der Waals surface area contributed by atoms with Gasteiger partial charge in [-0.3, -0.25) is 4.79 Å². The lowest BCUT2D eigenvalue weighted by atomic mass is 9.72. The SMILES string of the molecule is O=C(O)C1(Cc2nc3ccccc3s2)CCCCC1. The number of aliphatic carboxylic acids is 1. The van der Waals surface area contributed by atoms with Crippen molar-refractivity contribution in [2.75, 3.05) is 0 Å². The molecule has 0 aliphatic heterocycles. The summed E-state index contributed by atoms with van der Waals surface area (Å²) in [5.74, 6) is -0.647. The number of carbonyl (C=O) groups is 1. The molecule has 0 saturated heterocycles. The van der Waals surface area contributed by atoms with Crippen LogP contribution in [0, 0.1) is 5.41 Å². The van der Waals surface area contributed by atoms with E-state index < -0.39 is 11.4 Å². The van der Waals surface area contributed by atoms with Crippen LogP contribution < -0.4 is 0 Å². The van der Waals surface area contributed by atoms with Crippen molar-refractivity contribution in [1.29, 1.82) is 0 Å². The van der Waals surface area contributed by atoms with Crippen molar-refractivity contribution in [1.82, 2.24) is 4.98 Å². The van der Waals surface area contributed by atoms with Gasteiger partial charge in [-0.15, -0.1) is 11.3 Å². The maximum Gasteiger partial charge on any atom is 0.310 e. The van der Waals surface area contributed by atoms with Gasteiger partial charge in [-0.1, -0.05) is 31.4 Å². The minimum Gasteiger partial charge on any atom is -0.481 e. The van der Waals surface area contributed by atoms with Gasteiger partial charge in [0.2, 0.25) is 0 Å². The molecule has 4 heteroatoms. The van der Waals surface area contributed by atoms with Crippen molar-refractivity contribution < 1.29 is 9.90 Å². The summed E-state index contributed by atoms with van der Waals surface area (Å²) >= 11 is 1.63. The predicted molar refractivity (Wildman–Crippen MR) is 76.5 cm³/mol. The van der Waals surface area contributed by atoms with Crippen LogP contribution in [0.5, 0.6) is 0 Å². The molecule has 1 aliphatic rings. The molecule has 3 rings (SSSR count). The van der Waals surface area contributed by atoms with Crippen molar-refractivity contribution in [3.05, 3.63) is 29.3 Å². The maximum atomic E-state index is 11.7. The predicted octanol–water partition coefficient (Wildman–Crippen LogP) is 3.87. The average Bonchev–Trinajstić information content (AvgIpc) is 2.81. The standard InChI is InChI=1S/C15H17NO2S/c17-14(18)15(8-4-1-5-9-15)10-13-16-11-6-2-3-7-12(11)19-13/h2-3,6-7H,1,4-5,8-10H2,(H,17,18). The zero-order valence-electron chi connectivity index (χ0n) is 10.8. The second-order valence-corrected chi connectivity index (χ2v) is 6.51. The number of hydrogen-bond acceptors (Lipinski definition) is 3. The molecule has 1 heterocycles. The Balaban J connectivity index is 1.91. The van der Waals surface area contributed by atoms with E-state index in [-0.39, 0.29) is 0 Å². The lowest BCUT2D eigenvalue weighted by Crippen LogP contribution is -2.35. The monoisotopic (exact) mass is 275 g/mol. The molecule has 1 N–H and O–H groups in total. The number of thiazole rings is 1. The number of para-hydroxylation sites is 1. The first-order valence-corrected chi connectivity index (χ1v) is 7.59. The van der Waals surface area contributed by atoms with Crippen molar-refractivity contribution in [2.24, 2.45) is 5.41 Å². The van der Waals surface area contributed by atoms with Crippen LogP contribution in [0.2, 0.25) is 0 Å². The van der Waals surface area contributed by atoms with Crippen LogP contribution in [0.25, 0.3) is 10.2 Å². The summed E-state index contributed by atoms with van der Waals surface area (Å²) in [4.78, 5) is 16.3. The topological polar surface area (TPSA) is 50.2 Å². The summed E-state index contributed by atoms with van der Waals surface area (Å²) in [6.45, 7) is 0. The first-order valence-electron chi connectivity index (χ1n) is 6.77. The molecule has 0 amide bonds. The van der Waals surface area contributed by atoms with Crippen LogP contribution in [0.3, 0.4) is 0 Å². The molecule has 1 aromatic heterocycles. The summed E-state index contributed by atoms with van der Waals surface area (Å²) in [6, 6.07) is 8.01. The number of carboxylic acids is 1. The first kappa shape index (κ1) is 12.6. The normalized spacial score (nSPS) is 18.5. The highest BCUT2D eigenvalue weighted by molar-refractivity contribution is 7.18. The Bertz CT molecular complexity index is 566. The summed E-state index contributed by atoms with van der Waals surface area (Å²) in [7, 11) is 0. The van der Waals surface area contributed by atoms with E-state index in [1.165, 1.54) is 0 Å². The van der Waals surface area contributed by atoms with Gasteiger partial charge in [-0.2, -0.15) is 0 Å². The van der Waals surface area contributed by atoms with E-state index in [0.29, 0.717) is 6.42 Å². The smallest absolute Gasteiger partial charge is 0.310 e. The Morgan fingerprint density at radius 3 is 2.68 bits per heavy atom. The second kappa shape index (κ2) is 4.93. The molecule has 0 unspecified atom stereocenters. The van der Waals surface area contributed by atoms with E-state index in [2.05, 4.69) is 4.98 Å². The third-order valence-electron chi connectivity index (χ3n) is 4.09. The number of nitrogens with zero attached hydrogens (tertiary/aromatic N) is 1. The van der Waals surface area contributed by atoms with Gasteiger partial charge in [0.1, 0.15) is 0 Å². The third-order valence-corrected chi connectivity index (χ3v) is 5.13. The van der Waals surface area contributed by atoms with Gasteiger partial charge in [0.15, 0.2) is 0 Å². The van der Waals surface area contributed by atoms with Crippen molar-refractivity contribution >= 4 is 27.5 Å². The highest BCUT2D eigenvalue weighted by Crippen LogP contribution is 2.40. The molecule has 0 spiro atoms. The van der Waals surface area contributed by atoms with E-state index >= 15 is 0 Å². The van der Waals surface area contributed by atoms with Gasteiger partial charge < -0.3 is 5.11 Å². The lowest BCUT2D eigenvalue weighted by Gasteiger charge is -2.32. The molecule has 1 aromatic carbocycles. The fourth-order valence-electron chi connectivity index (χ4n) is 2.98. The van der Waals surface area contributed by atoms with Crippen LogP contribution in [-0.2, 0) is 11.2 Å². The number of rotatable bonds is 3. The number of carboxylic acid groups (broad SMARTS) is 1. The summed E-state index contributed by atoms with van der Waals surface area (Å²) in [5.41, 5.74) is 0.408. The molecule has 0 radical (unpaired) electrons. The van der Waals surface area contributed by atoms with Gasteiger partial charge in [-0.05, 0) is 25.0 Å². The second-order valence-electron chi connectivity index (χ2n) is 5.40. The summed E-state index contributed by atoms with van der Waals surface area (Å²) < 4.78 is 1.15. The van der Waals surface area contributed by atoms with E-state index in [4.69, 9.17) is 0 Å². The Morgan fingerprint density at radius 1 is 1.26 bits per heavy atom. The number of fused-ring (bicyclic) bond motifs is 1. The van der Waals surface area contributed by atoms with Crippen molar-refractivity contribution in [3.8, 4) is 0 Å². The van der Waals surface area contributed by atoms with Crippen LogP contribution in [-0.4, -0.2) is 16.1 Å². The van der Waals surface area contributed by atoms with E-state index in [9.17, 15) is 9.90 Å². The van der Waals surface area contributed by atoms with Gasteiger partial charge in [0.25, 0.3) is 0 Å². The van der Waals surface area contributed by atoms with Crippen LogP contribution in [0.4, 0.5) is 0 Å². The van der Waals surface area contributed by atoms with E-state index in [1.54, 1.807) is 11.3 Å². The van der Waals surface area contributed by atoms with Gasteiger partial charge in [-0.25, -0.2) is 4.98 Å². The molecule has 1 aliphatic carbocycles. The van der Waals surface area contributed by atoms with E-state index in [1.807, 2.05) is 24.3 Å². The van der Waals surface area contributed by atoms with Crippen molar-refractivity contribution in [3.63, 3.8) is 0 Å². The molecule has 0 atom stereocenters. The molecule has 2 aromatic rings. The van der Waals surface area contributed by atoms with Crippen LogP contribution in [0.15, 0.2) is 24.3 Å². The molecule has 0 bridgehead atoms. The summed E-state index contributed by atoms with van der Waals surface area (Å²) in [5, 5.41) is 10.6. The van der Waals surface area contributed by atoms with Gasteiger partial charge in [0.05, 0.1) is 20.6 Å². The molecular formula is C15H17NO2S. The Labute approximate surface area is 116 Å². The minimum absolute atomic E-state index is 0.577. The lowest BCUT2D eigenvalue weighted by molar-refractivity contribution is -0.151. The number of aromatic nitrogens is 1. The molecule has 100 valence electrons. The molecule has 1 fully saturated rings. The highest BCUT2D eigenvalue weighted by atomic mass is 32.1. The maximum absolute atomic E-state index is 11.7. The first-order chi connectivity index (χ1) is 9.20. The number of hydrogen-bond donors (Lipinski definition) is 1. The molecular weight excluding hydrogens is 258 g/mol. The minimum atomic E-state index is -0.647. The average molecular weight is 275 g/mol. The number of benzene rings is 1. The van der Waals surface area contributed by atoms with E-state index in [0.717, 1.165) is 47.3 Å². The van der Waals surface area contributed by atoms with Gasteiger partial charge >= 0.3 is 5.97 Å². The van der Waals surface area contributed by atoms with Crippen LogP contribution >= 0.6 is 11.3 Å². The Kier molecular flexibility index (Phi) is 3.27. The van der Waals surface area contributed by atoms with Crippen molar-refractivity contribution in [2.45, 2.75) is 38.5 Å². The largest absolute Gasteiger partial charge is 0.481 e. The van der Waals surface area contributed by atoms with Crippen LogP contribution in [0.1, 0.15) is 37.1 Å². The zero-order valence-corrected chi connectivity index (χ0v) is 11.6. The quantitative estimate of drug-likeness (QED) is 0.925. The molecule has 3 nitrogen and oxygen atoms in total. The zero-order chi connectivity index (χ0) is 13.3. The Morgan fingerprint density at radius 2 is 2.00 bits per heavy atom. The third kappa shape index (κ3) is 2.37.